The van der Waals surface area contributed by atoms with Crippen LogP contribution in [0.3, 0.4) is 0 Å². The van der Waals surface area contributed by atoms with E-state index in [9.17, 15) is 9.90 Å². The molecule has 2 atom stereocenters. The second-order valence-corrected chi connectivity index (χ2v) is 7.64. The fraction of sp³-hybridized carbons (Fsp3) is 0.562. The number of rotatable bonds is 4. The summed E-state index contributed by atoms with van der Waals surface area (Å²) in [6.07, 6.45) is 8.55. The van der Waals surface area contributed by atoms with Crippen LogP contribution in [-0.2, 0) is 17.4 Å². The number of carbonyl (C=O) groups is 1. The van der Waals surface area contributed by atoms with Crippen LogP contribution in [0.5, 0.6) is 0 Å². The van der Waals surface area contributed by atoms with E-state index < -0.39 is 5.60 Å². The molecule has 4 heterocycles. The second-order valence-electron chi connectivity index (χ2n) is 6.74. The maximum absolute atomic E-state index is 12.3. The summed E-state index contributed by atoms with van der Waals surface area (Å²) in [5.41, 5.74) is -0.896. The van der Waals surface area contributed by atoms with E-state index in [-0.39, 0.29) is 18.0 Å². The topological polar surface area (TPSA) is 83.3 Å². The molecule has 0 aromatic carbocycles. The number of imidazole rings is 1. The van der Waals surface area contributed by atoms with Crippen molar-refractivity contribution >= 4 is 22.4 Å². The van der Waals surface area contributed by atoms with Crippen LogP contribution < -0.4 is 5.32 Å². The number of hydrogen-bond acceptors (Lipinski definition) is 6. The molecular formula is C16H21N5O2S. The van der Waals surface area contributed by atoms with E-state index >= 15 is 0 Å². The van der Waals surface area contributed by atoms with Crippen LogP contribution in [0.25, 0.3) is 0 Å². The zero-order valence-electron chi connectivity index (χ0n) is 13.6. The summed E-state index contributed by atoms with van der Waals surface area (Å²) < 4.78 is 1.89. The van der Waals surface area contributed by atoms with E-state index in [1.165, 1.54) is 11.3 Å². The van der Waals surface area contributed by atoms with Crippen LogP contribution in [0.15, 0.2) is 24.0 Å². The molecule has 4 rings (SSSR count). The lowest BCUT2D eigenvalue weighted by Gasteiger charge is -2.43. The number of nitrogens with zero attached hydrogens (tertiary/aromatic N) is 4. The van der Waals surface area contributed by atoms with Gasteiger partial charge in [-0.25, -0.2) is 9.97 Å². The van der Waals surface area contributed by atoms with Gasteiger partial charge < -0.3 is 15.0 Å². The van der Waals surface area contributed by atoms with Crippen molar-refractivity contribution in [2.45, 2.75) is 43.4 Å². The molecule has 2 unspecified atom stereocenters. The fourth-order valence-electron chi connectivity index (χ4n) is 4.18. The van der Waals surface area contributed by atoms with Crippen molar-refractivity contribution in [3.05, 3.63) is 29.8 Å². The van der Waals surface area contributed by atoms with Gasteiger partial charge in [0.2, 0.25) is 5.91 Å². The normalized spacial score (nSPS) is 29.8. The molecule has 0 saturated carbocycles. The number of hydrogen-bond donors (Lipinski definition) is 2. The monoisotopic (exact) mass is 347 g/mol. The minimum atomic E-state index is -0.896. The second kappa shape index (κ2) is 5.94. The van der Waals surface area contributed by atoms with Gasteiger partial charge in [-0.2, -0.15) is 0 Å². The molecule has 2 aromatic heterocycles. The number of fused-ring (bicyclic) bond motifs is 2. The molecule has 1 amide bonds. The molecule has 7 nitrogen and oxygen atoms in total. The Labute approximate surface area is 144 Å². The summed E-state index contributed by atoms with van der Waals surface area (Å²) >= 11 is 1.42. The Hall–Kier alpha value is -1.77. The number of piperidine rings is 1. The van der Waals surface area contributed by atoms with E-state index in [2.05, 4.69) is 20.2 Å². The minimum absolute atomic E-state index is 0.0377. The highest BCUT2D eigenvalue weighted by Crippen LogP contribution is 2.44. The average molecular weight is 347 g/mol. The molecule has 2 N–H and O–H groups in total. The van der Waals surface area contributed by atoms with E-state index in [0.717, 1.165) is 18.7 Å². The Morgan fingerprint density at radius 3 is 2.71 bits per heavy atom. The van der Waals surface area contributed by atoms with Gasteiger partial charge >= 0.3 is 0 Å². The molecule has 0 radical (unpaired) electrons. The first-order chi connectivity index (χ1) is 11.5. The third-order valence-corrected chi connectivity index (χ3v) is 5.85. The SMILES string of the molecule is Cn1ccnc1C1(O)CC2CCC(C1)N2CC(=O)Nc1nccs1. The highest BCUT2D eigenvalue weighted by Gasteiger charge is 2.50. The predicted octanol–water partition coefficient (Wildman–Crippen LogP) is 1.33. The molecule has 2 fully saturated rings. The van der Waals surface area contributed by atoms with Crippen LogP contribution in [-0.4, -0.2) is 49.1 Å². The van der Waals surface area contributed by atoms with Crippen molar-refractivity contribution in [3.8, 4) is 0 Å². The molecule has 2 bridgehead atoms. The predicted molar refractivity (Wildman–Crippen MR) is 90.6 cm³/mol. The molecular weight excluding hydrogens is 326 g/mol. The lowest BCUT2D eigenvalue weighted by atomic mass is 9.85. The summed E-state index contributed by atoms with van der Waals surface area (Å²) in [5.74, 6) is 0.690. The zero-order chi connectivity index (χ0) is 16.7. The number of aromatic nitrogens is 3. The molecule has 0 aliphatic carbocycles. The molecule has 128 valence electrons. The van der Waals surface area contributed by atoms with Gasteiger partial charge in [-0.3, -0.25) is 9.69 Å². The quantitative estimate of drug-likeness (QED) is 0.872. The number of carbonyl (C=O) groups excluding carboxylic acids is 1. The van der Waals surface area contributed by atoms with Gasteiger partial charge in [0.25, 0.3) is 0 Å². The molecule has 2 aromatic rings. The van der Waals surface area contributed by atoms with E-state index in [1.807, 2.05) is 23.2 Å². The van der Waals surface area contributed by atoms with Gasteiger partial charge in [-0.05, 0) is 25.7 Å². The number of aliphatic hydroxyl groups is 1. The number of amides is 1. The van der Waals surface area contributed by atoms with Crippen molar-refractivity contribution in [1.82, 2.24) is 19.4 Å². The third-order valence-electron chi connectivity index (χ3n) is 5.16. The first-order valence-corrected chi connectivity index (χ1v) is 9.08. The van der Waals surface area contributed by atoms with Crippen molar-refractivity contribution < 1.29 is 9.90 Å². The van der Waals surface area contributed by atoms with Gasteiger partial charge in [0.1, 0.15) is 11.4 Å². The van der Waals surface area contributed by atoms with Gasteiger partial charge in [0, 0.05) is 43.1 Å². The Bertz CT molecular complexity index is 715. The summed E-state index contributed by atoms with van der Waals surface area (Å²) in [4.78, 5) is 23.0. The van der Waals surface area contributed by atoms with Crippen LogP contribution in [0, 0.1) is 0 Å². The van der Waals surface area contributed by atoms with Gasteiger partial charge in [-0.15, -0.1) is 11.3 Å². The number of nitrogens with one attached hydrogen (secondary N) is 1. The number of anilines is 1. The number of aryl methyl sites for hydroxylation is 1. The van der Waals surface area contributed by atoms with Crippen LogP contribution in [0.4, 0.5) is 5.13 Å². The Balaban J connectivity index is 1.45. The smallest absolute Gasteiger partial charge is 0.240 e. The Morgan fingerprint density at radius 1 is 1.38 bits per heavy atom. The standard InChI is InChI=1S/C16H21N5O2S/c1-20-6-4-17-14(20)16(23)8-11-2-3-12(9-16)21(11)10-13(22)19-15-18-5-7-24-15/h4-7,11-12,23H,2-3,8-10H2,1H3,(H,18,19,22). The molecule has 2 aliphatic heterocycles. The minimum Gasteiger partial charge on any atom is -0.382 e. The highest BCUT2D eigenvalue weighted by molar-refractivity contribution is 7.13. The van der Waals surface area contributed by atoms with Crippen molar-refractivity contribution in [3.63, 3.8) is 0 Å². The van der Waals surface area contributed by atoms with E-state index in [1.54, 1.807) is 12.4 Å². The van der Waals surface area contributed by atoms with E-state index in [0.29, 0.717) is 24.5 Å². The first-order valence-electron chi connectivity index (χ1n) is 8.20. The Kier molecular flexibility index (Phi) is 3.90. The third kappa shape index (κ3) is 2.74. The summed E-state index contributed by atoms with van der Waals surface area (Å²) in [7, 11) is 1.91. The molecule has 24 heavy (non-hydrogen) atoms. The average Bonchev–Trinajstić information content (AvgIpc) is 3.23. The van der Waals surface area contributed by atoms with Gasteiger partial charge in [0.15, 0.2) is 5.13 Å². The first kappa shape index (κ1) is 15.7. The number of thiazole rings is 1. The van der Waals surface area contributed by atoms with Crippen LogP contribution in [0.2, 0.25) is 0 Å². The molecule has 2 aliphatic rings. The lowest BCUT2D eigenvalue weighted by Crippen LogP contribution is -2.52. The van der Waals surface area contributed by atoms with Crippen molar-refractivity contribution in [2.24, 2.45) is 7.05 Å². The fourth-order valence-corrected chi connectivity index (χ4v) is 4.73. The largest absolute Gasteiger partial charge is 0.382 e. The highest BCUT2D eigenvalue weighted by atomic mass is 32.1. The maximum Gasteiger partial charge on any atom is 0.240 e. The van der Waals surface area contributed by atoms with Crippen molar-refractivity contribution in [2.75, 3.05) is 11.9 Å². The van der Waals surface area contributed by atoms with E-state index in [4.69, 9.17) is 0 Å². The lowest BCUT2D eigenvalue weighted by molar-refractivity contribution is -0.121. The summed E-state index contributed by atoms with van der Waals surface area (Å²) in [6, 6.07) is 0.431. The van der Waals surface area contributed by atoms with Crippen LogP contribution in [0.1, 0.15) is 31.5 Å². The van der Waals surface area contributed by atoms with Crippen molar-refractivity contribution in [1.29, 1.82) is 0 Å². The molecule has 0 spiro atoms. The Morgan fingerprint density at radius 2 is 2.12 bits per heavy atom. The van der Waals surface area contributed by atoms with Gasteiger partial charge in [0.05, 0.1) is 6.54 Å². The summed E-state index contributed by atoms with van der Waals surface area (Å²) in [5, 5.41) is 16.5. The van der Waals surface area contributed by atoms with Crippen LogP contribution >= 0.6 is 11.3 Å². The maximum atomic E-state index is 12.3. The molecule has 2 saturated heterocycles. The van der Waals surface area contributed by atoms with Gasteiger partial charge in [-0.1, -0.05) is 0 Å². The molecule has 8 heteroatoms. The summed E-state index contributed by atoms with van der Waals surface area (Å²) in [6.45, 7) is 0.353. The zero-order valence-corrected chi connectivity index (χ0v) is 14.4.